The van der Waals surface area contributed by atoms with Crippen molar-refractivity contribution in [2.45, 2.75) is 33.4 Å². The van der Waals surface area contributed by atoms with Crippen molar-refractivity contribution in [3.63, 3.8) is 0 Å². The molecule has 3 heterocycles. The summed E-state index contributed by atoms with van der Waals surface area (Å²) < 4.78 is 2.06. The van der Waals surface area contributed by atoms with Crippen LogP contribution in [0, 0.1) is 6.92 Å². The molecule has 0 saturated heterocycles. The number of fused-ring (bicyclic) bond motifs is 1. The summed E-state index contributed by atoms with van der Waals surface area (Å²) >= 11 is 0. The van der Waals surface area contributed by atoms with E-state index in [1.807, 2.05) is 36.9 Å². The van der Waals surface area contributed by atoms with Gasteiger partial charge in [0, 0.05) is 25.7 Å². The van der Waals surface area contributed by atoms with Gasteiger partial charge in [0.2, 0.25) is 5.91 Å². The molecular formula is C14H17N5O. The van der Waals surface area contributed by atoms with Crippen LogP contribution in [0.25, 0.3) is 11.5 Å². The number of amides is 1. The van der Waals surface area contributed by atoms with E-state index in [1.54, 1.807) is 6.92 Å². The van der Waals surface area contributed by atoms with Crippen molar-refractivity contribution in [2.24, 2.45) is 0 Å². The fourth-order valence-electron chi connectivity index (χ4n) is 2.67. The minimum absolute atomic E-state index is 0.0488. The van der Waals surface area contributed by atoms with Crippen LogP contribution in [0.2, 0.25) is 0 Å². The standard InChI is InChI=1S/C14H17N5O/c1-9-5-4-6-12(15-9)14-17-16-13-10(2)18(11(3)20)7-8-19(13)14/h4-6,10H,7-8H2,1-3H3. The second-order valence-corrected chi connectivity index (χ2v) is 5.09. The highest BCUT2D eigenvalue weighted by Crippen LogP contribution is 2.27. The summed E-state index contributed by atoms with van der Waals surface area (Å²) in [6, 6.07) is 5.81. The number of aryl methyl sites for hydroxylation is 1. The molecule has 1 atom stereocenters. The zero-order valence-corrected chi connectivity index (χ0v) is 11.9. The van der Waals surface area contributed by atoms with Crippen molar-refractivity contribution < 1.29 is 4.79 Å². The topological polar surface area (TPSA) is 63.9 Å². The summed E-state index contributed by atoms with van der Waals surface area (Å²) in [5, 5.41) is 8.52. The Labute approximate surface area is 117 Å². The Hall–Kier alpha value is -2.24. The van der Waals surface area contributed by atoms with Gasteiger partial charge in [0.15, 0.2) is 11.6 Å². The zero-order chi connectivity index (χ0) is 14.3. The number of pyridine rings is 1. The third-order valence-corrected chi connectivity index (χ3v) is 3.71. The Morgan fingerprint density at radius 2 is 2.10 bits per heavy atom. The lowest BCUT2D eigenvalue weighted by molar-refractivity contribution is -0.132. The number of rotatable bonds is 1. The summed E-state index contributed by atoms with van der Waals surface area (Å²) in [5.41, 5.74) is 1.78. The molecular weight excluding hydrogens is 254 g/mol. The fourth-order valence-corrected chi connectivity index (χ4v) is 2.67. The first-order chi connectivity index (χ1) is 9.58. The van der Waals surface area contributed by atoms with E-state index >= 15 is 0 Å². The number of carbonyl (C=O) groups excluding carboxylic acids is 1. The van der Waals surface area contributed by atoms with E-state index in [0.29, 0.717) is 13.1 Å². The molecule has 1 aliphatic rings. The van der Waals surface area contributed by atoms with E-state index in [4.69, 9.17) is 0 Å². The van der Waals surface area contributed by atoms with Crippen molar-refractivity contribution in [1.82, 2.24) is 24.6 Å². The summed E-state index contributed by atoms with van der Waals surface area (Å²) in [4.78, 5) is 17.9. The molecule has 0 N–H and O–H groups in total. The van der Waals surface area contributed by atoms with Crippen LogP contribution in [-0.2, 0) is 11.3 Å². The molecule has 0 radical (unpaired) electrons. The predicted molar refractivity (Wildman–Crippen MR) is 73.8 cm³/mol. The van der Waals surface area contributed by atoms with Crippen molar-refractivity contribution in [2.75, 3.05) is 6.54 Å². The monoisotopic (exact) mass is 271 g/mol. The number of carbonyl (C=O) groups is 1. The highest BCUT2D eigenvalue weighted by Gasteiger charge is 2.30. The van der Waals surface area contributed by atoms with E-state index in [2.05, 4.69) is 19.7 Å². The molecule has 104 valence electrons. The van der Waals surface area contributed by atoms with Crippen LogP contribution in [-0.4, -0.2) is 37.1 Å². The molecule has 0 spiro atoms. The summed E-state index contributed by atoms with van der Waals surface area (Å²) in [5.74, 6) is 1.67. The second kappa shape index (κ2) is 4.70. The first kappa shape index (κ1) is 12.8. The highest BCUT2D eigenvalue weighted by atomic mass is 16.2. The molecule has 1 aliphatic heterocycles. The van der Waals surface area contributed by atoms with Crippen LogP contribution < -0.4 is 0 Å². The SMILES string of the molecule is CC(=O)N1CCn2c(-c3cccc(C)n3)nnc2C1C. The second-order valence-electron chi connectivity index (χ2n) is 5.09. The lowest BCUT2D eigenvalue weighted by Crippen LogP contribution is -2.40. The van der Waals surface area contributed by atoms with E-state index < -0.39 is 0 Å². The molecule has 1 amide bonds. The zero-order valence-electron chi connectivity index (χ0n) is 11.9. The molecule has 1 unspecified atom stereocenters. The van der Waals surface area contributed by atoms with E-state index in [-0.39, 0.29) is 11.9 Å². The van der Waals surface area contributed by atoms with Gasteiger partial charge in [-0.1, -0.05) is 6.07 Å². The minimum atomic E-state index is -0.0488. The first-order valence-electron chi connectivity index (χ1n) is 6.72. The lowest BCUT2D eigenvalue weighted by atomic mass is 10.2. The Kier molecular flexibility index (Phi) is 3.00. The Bertz CT molecular complexity index is 663. The van der Waals surface area contributed by atoms with Crippen LogP contribution in [0.3, 0.4) is 0 Å². The molecule has 6 heteroatoms. The first-order valence-corrected chi connectivity index (χ1v) is 6.72. The molecule has 0 aromatic carbocycles. The minimum Gasteiger partial charge on any atom is -0.331 e. The molecule has 2 aromatic rings. The normalized spacial score (nSPS) is 17.9. The van der Waals surface area contributed by atoms with Crippen LogP contribution in [0.4, 0.5) is 0 Å². The predicted octanol–water partition coefficient (Wildman–Crippen LogP) is 1.57. The van der Waals surface area contributed by atoms with E-state index in [1.165, 1.54) is 0 Å². The fraction of sp³-hybridized carbons (Fsp3) is 0.429. The molecule has 6 nitrogen and oxygen atoms in total. The Morgan fingerprint density at radius 3 is 2.80 bits per heavy atom. The van der Waals surface area contributed by atoms with Gasteiger partial charge in [0.25, 0.3) is 0 Å². The maximum absolute atomic E-state index is 11.6. The summed E-state index contributed by atoms with van der Waals surface area (Å²) in [7, 11) is 0. The number of hydrogen-bond donors (Lipinski definition) is 0. The van der Waals surface area contributed by atoms with Crippen molar-refractivity contribution in [3.05, 3.63) is 29.7 Å². The van der Waals surface area contributed by atoms with Crippen molar-refractivity contribution >= 4 is 5.91 Å². The third-order valence-electron chi connectivity index (χ3n) is 3.71. The molecule has 0 bridgehead atoms. The van der Waals surface area contributed by atoms with Gasteiger partial charge in [-0.2, -0.15) is 0 Å². The lowest BCUT2D eigenvalue weighted by Gasteiger charge is -2.32. The van der Waals surface area contributed by atoms with Gasteiger partial charge >= 0.3 is 0 Å². The largest absolute Gasteiger partial charge is 0.331 e. The van der Waals surface area contributed by atoms with E-state index in [9.17, 15) is 4.79 Å². The molecule has 3 rings (SSSR count). The van der Waals surface area contributed by atoms with Crippen molar-refractivity contribution in [1.29, 1.82) is 0 Å². The van der Waals surface area contributed by atoms with Gasteiger partial charge in [-0.3, -0.25) is 4.79 Å². The summed E-state index contributed by atoms with van der Waals surface area (Å²) in [6.07, 6.45) is 0. The third kappa shape index (κ3) is 1.97. The van der Waals surface area contributed by atoms with Crippen molar-refractivity contribution in [3.8, 4) is 11.5 Å². The quantitative estimate of drug-likeness (QED) is 0.789. The van der Waals surface area contributed by atoms with Gasteiger partial charge in [0.1, 0.15) is 5.69 Å². The van der Waals surface area contributed by atoms with Gasteiger partial charge in [-0.15, -0.1) is 10.2 Å². The maximum atomic E-state index is 11.6. The highest BCUT2D eigenvalue weighted by molar-refractivity contribution is 5.73. The van der Waals surface area contributed by atoms with Crippen LogP contribution in [0.15, 0.2) is 18.2 Å². The molecule has 0 aliphatic carbocycles. The Balaban J connectivity index is 2.03. The number of hydrogen-bond acceptors (Lipinski definition) is 4. The number of nitrogens with zero attached hydrogens (tertiary/aromatic N) is 5. The smallest absolute Gasteiger partial charge is 0.220 e. The van der Waals surface area contributed by atoms with Crippen LogP contribution >= 0.6 is 0 Å². The molecule has 20 heavy (non-hydrogen) atoms. The van der Waals surface area contributed by atoms with Crippen LogP contribution in [0.5, 0.6) is 0 Å². The number of aromatic nitrogens is 4. The van der Waals surface area contributed by atoms with Gasteiger partial charge in [-0.05, 0) is 26.0 Å². The summed E-state index contributed by atoms with van der Waals surface area (Å²) in [6.45, 7) is 6.91. The van der Waals surface area contributed by atoms with Gasteiger partial charge < -0.3 is 9.47 Å². The average Bonchev–Trinajstić information content (AvgIpc) is 2.83. The molecule has 0 fully saturated rings. The maximum Gasteiger partial charge on any atom is 0.220 e. The van der Waals surface area contributed by atoms with E-state index in [0.717, 1.165) is 23.0 Å². The van der Waals surface area contributed by atoms with Crippen LogP contribution in [0.1, 0.15) is 31.4 Å². The average molecular weight is 271 g/mol. The Morgan fingerprint density at radius 1 is 1.30 bits per heavy atom. The molecule has 2 aromatic heterocycles. The van der Waals surface area contributed by atoms with Gasteiger partial charge in [0.05, 0.1) is 6.04 Å². The van der Waals surface area contributed by atoms with Gasteiger partial charge in [-0.25, -0.2) is 4.98 Å². The molecule has 0 saturated carbocycles.